The van der Waals surface area contributed by atoms with E-state index in [1.54, 1.807) is 0 Å². The minimum absolute atomic E-state index is 0.00279. The van der Waals surface area contributed by atoms with Crippen LogP contribution in [0.25, 0.3) is 0 Å². The zero-order valence-corrected chi connectivity index (χ0v) is 13.6. The third-order valence-corrected chi connectivity index (χ3v) is 4.27. The molecule has 0 aromatic heterocycles. The summed E-state index contributed by atoms with van der Waals surface area (Å²) in [6.45, 7) is 5.92. The molecule has 0 bridgehead atoms. The van der Waals surface area contributed by atoms with Crippen LogP contribution in [-0.4, -0.2) is 29.3 Å². The van der Waals surface area contributed by atoms with Crippen LogP contribution in [0, 0.1) is 18.8 Å². The molecule has 0 saturated carbocycles. The molecule has 5 heteroatoms. The molecule has 21 heavy (non-hydrogen) atoms. The average Bonchev–Trinajstić information content (AvgIpc) is 2.40. The van der Waals surface area contributed by atoms with Crippen LogP contribution in [0.4, 0.5) is 0 Å². The number of aryl methyl sites for hydroxylation is 1. The van der Waals surface area contributed by atoms with Gasteiger partial charge in [0.05, 0.1) is 11.7 Å². The van der Waals surface area contributed by atoms with E-state index in [1.165, 1.54) is 22.9 Å². The molecule has 1 amide bonds. The molecular weight excluding hydrogens is 286 g/mol. The Hall–Kier alpha value is -1.49. The van der Waals surface area contributed by atoms with Crippen molar-refractivity contribution in [2.75, 3.05) is 12.3 Å². The number of nitrogens with one attached hydrogen (secondary N) is 1. The number of amides is 1. The molecular formula is C16H23NO3S. The summed E-state index contributed by atoms with van der Waals surface area (Å²) >= 11 is 1.53. The summed E-state index contributed by atoms with van der Waals surface area (Å²) in [4.78, 5) is 22.7. The van der Waals surface area contributed by atoms with Crippen molar-refractivity contribution < 1.29 is 14.7 Å². The molecule has 0 aliphatic heterocycles. The lowest BCUT2D eigenvalue weighted by Gasteiger charge is -2.16. The highest BCUT2D eigenvalue weighted by Gasteiger charge is 2.21. The molecule has 1 unspecified atom stereocenters. The molecule has 0 aliphatic rings. The van der Waals surface area contributed by atoms with E-state index in [1.807, 2.05) is 20.8 Å². The summed E-state index contributed by atoms with van der Waals surface area (Å²) in [5.41, 5.74) is 2.40. The second-order valence-electron chi connectivity index (χ2n) is 5.47. The molecule has 0 saturated heterocycles. The van der Waals surface area contributed by atoms with Crippen molar-refractivity contribution in [1.29, 1.82) is 0 Å². The Kier molecular flexibility index (Phi) is 7.29. The minimum Gasteiger partial charge on any atom is -0.481 e. The fourth-order valence-electron chi connectivity index (χ4n) is 1.83. The molecule has 0 fully saturated rings. The van der Waals surface area contributed by atoms with Crippen LogP contribution >= 0.6 is 11.8 Å². The van der Waals surface area contributed by atoms with Gasteiger partial charge in [0.2, 0.25) is 5.91 Å². The van der Waals surface area contributed by atoms with Crippen LogP contribution in [0.15, 0.2) is 24.3 Å². The lowest BCUT2D eigenvalue weighted by atomic mass is 9.96. The first-order chi connectivity index (χ1) is 9.90. The molecule has 1 aromatic rings. The summed E-state index contributed by atoms with van der Waals surface area (Å²) in [5.74, 6) is -0.380. The number of hydrogen-bond donors (Lipinski definition) is 2. The third kappa shape index (κ3) is 6.67. The van der Waals surface area contributed by atoms with E-state index in [9.17, 15) is 9.59 Å². The molecule has 4 nitrogen and oxygen atoms in total. The highest BCUT2D eigenvalue weighted by molar-refractivity contribution is 7.99. The number of aliphatic carboxylic acids is 1. The van der Waals surface area contributed by atoms with Crippen molar-refractivity contribution in [3.63, 3.8) is 0 Å². The van der Waals surface area contributed by atoms with Crippen molar-refractivity contribution in [2.45, 2.75) is 26.5 Å². The van der Waals surface area contributed by atoms with Gasteiger partial charge in [-0.05, 0) is 18.4 Å². The van der Waals surface area contributed by atoms with Gasteiger partial charge in [0.15, 0.2) is 0 Å². The first-order valence-electron chi connectivity index (χ1n) is 7.03. The number of carboxylic acids is 1. The number of carbonyl (C=O) groups excluding carboxylic acids is 1. The van der Waals surface area contributed by atoms with Crippen molar-refractivity contribution in [2.24, 2.45) is 11.8 Å². The molecule has 1 atom stereocenters. The van der Waals surface area contributed by atoms with Gasteiger partial charge >= 0.3 is 5.97 Å². The largest absolute Gasteiger partial charge is 0.481 e. The van der Waals surface area contributed by atoms with Crippen LogP contribution < -0.4 is 5.32 Å². The Morgan fingerprint density at radius 3 is 2.38 bits per heavy atom. The van der Waals surface area contributed by atoms with Gasteiger partial charge in [0, 0.05) is 12.3 Å². The maximum absolute atomic E-state index is 11.7. The molecule has 0 spiro atoms. The fourth-order valence-corrected chi connectivity index (χ4v) is 2.65. The number of carbonyl (C=O) groups is 2. The van der Waals surface area contributed by atoms with Gasteiger partial charge in [-0.1, -0.05) is 43.7 Å². The average molecular weight is 309 g/mol. The molecule has 1 aromatic carbocycles. The summed E-state index contributed by atoms with van der Waals surface area (Å²) in [6, 6.07) is 8.21. The maximum Gasteiger partial charge on any atom is 0.308 e. The van der Waals surface area contributed by atoms with E-state index in [2.05, 4.69) is 29.6 Å². The Morgan fingerprint density at radius 2 is 1.86 bits per heavy atom. The predicted molar refractivity (Wildman–Crippen MR) is 86.3 cm³/mol. The van der Waals surface area contributed by atoms with Gasteiger partial charge in [0.25, 0.3) is 0 Å². The second kappa shape index (κ2) is 8.72. The maximum atomic E-state index is 11.7. The van der Waals surface area contributed by atoms with Gasteiger partial charge in [-0.15, -0.1) is 11.8 Å². The summed E-state index contributed by atoms with van der Waals surface area (Å²) in [7, 11) is 0. The van der Waals surface area contributed by atoms with Crippen LogP contribution in [0.1, 0.15) is 25.0 Å². The second-order valence-corrected chi connectivity index (χ2v) is 6.46. The van der Waals surface area contributed by atoms with Gasteiger partial charge in [-0.2, -0.15) is 0 Å². The van der Waals surface area contributed by atoms with E-state index in [-0.39, 0.29) is 18.4 Å². The SMILES string of the molecule is Cc1ccc(CSCC(=O)NCC(C(=O)O)C(C)C)cc1. The Balaban J connectivity index is 2.28. The monoisotopic (exact) mass is 309 g/mol. The summed E-state index contributed by atoms with van der Waals surface area (Å²) < 4.78 is 0. The van der Waals surface area contributed by atoms with Crippen molar-refractivity contribution in [3.8, 4) is 0 Å². The lowest BCUT2D eigenvalue weighted by Crippen LogP contribution is -2.36. The summed E-state index contributed by atoms with van der Waals surface area (Å²) in [5, 5.41) is 11.7. The van der Waals surface area contributed by atoms with E-state index < -0.39 is 11.9 Å². The van der Waals surface area contributed by atoms with Crippen molar-refractivity contribution >= 4 is 23.6 Å². The first-order valence-corrected chi connectivity index (χ1v) is 8.18. The minimum atomic E-state index is -0.863. The molecule has 0 aliphatic carbocycles. The van der Waals surface area contributed by atoms with Gasteiger partial charge < -0.3 is 10.4 Å². The summed E-state index contributed by atoms with van der Waals surface area (Å²) in [6.07, 6.45) is 0. The molecule has 116 valence electrons. The number of thioether (sulfide) groups is 1. The Morgan fingerprint density at radius 1 is 1.24 bits per heavy atom. The van der Waals surface area contributed by atoms with E-state index in [0.717, 1.165) is 5.75 Å². The normalized spacial score (nSPS) is 12.2. The van der Waals surface area contributed by atoms with Crippen LogP contribution in [0.3, 0.4) is 0 Å². The lowest BCUT2D eigenvalue weighted by molar-refractivity contribution is -0.143. The van der Waals surface area contributed by atoms with E-state index in [4.69, 9.17) is 5.11 Å². The van der Waals surface area contributed by atoms with Crippen molar-refractivity contribution in [1.82, 2.24) is 5.32 Å². The Bertz CT molecular complexity index is 471. The van der Waals surface area contributed by atoms with Crippen LogP contribution in [0.5, 0.6) is 0 Å². The predicted octanol–water partition coefficient (Wildman–Crippen LogP) is 2.70. The van der Waals surface area contributed by atoms with E-state index in [0.29, 0.717) is 5.75 Å². The quantitative estimate of drug-likeness (QED) is 0.775. The van der Waals surface area contributed by atoms with Crippen LogP contribution in [-0.2, 0) is 15.3 Å². The molecule has 2 N–H and O–H groups in total. The Labute approximate surface area is 130 Å². The number of benzene rings is 1. The van der Waals surface area contributed by atoms with Gasteiger partial charge in [0.1, 0.15) is 0 Å². The van der Waals surface area contributed by atoms with Crippen molar-refractivity contribution in [3.05, 3.63) is 35.4 Å². The highest BCUT2D eigenvalue weighted by Crippen LogP contribution is 2.13. The highest BCUT2D eigenvalue weighted by atomic mass is 32.2. The van der Waals surface area contributed by atoms with Crippen LogP contribution in [0.2, 0.25) is 0 Å². The zero-order chi connectivity index (χ0) is 15.8. The molecule has 1 rings (SSSR count). The van der Waals surface area contributed by atoms with E-state index >= 15 is 0 Å². The molecule has 0 heterocycles. The fraction of sp³-hybridized carbons (Fsp3) is 0.500. The number of carboxylic acid groups (broad SMARTS) is 1. The molecule has 0 radical (unpaired) electrons. The third-order valence-electron chi connectivity index (χ3n) is 3.26. The standard InChI is InChI=1S/C16H23NO3S/c1-11(2)14(16(19)20)8-17-15(18)10-21-9-13-6-4-12(3)5-7-13/h4-7,11,14H,8-10H2,1-3H3,(H,17,18)(H,19,20). The number of rotatable bonds is 8. The van der Waals surface area contributed by atoms with Gasteiger partial charge in [-0.25, -0.2) is 0 Å². The van der Waals surface area contributed by atoms with Gasteiger partial charge in [-0.3, -0.25) is 9.59 Å². The topological polar surface area (TPSA) is 66.4 Å². The number of hydrogen-bond acceptors (Lipinski definition) is 3. The zero-order valence-electron chi connectivity index (χ0n) is 12.8. The first kappa shape index (κ1) is 17.6. The smallest absolute Gasteiger partial charge is 0.308 e.